The van der Waals surface area contributed by atoms with E-state index in [1.807, 2.05) is 18.2 Å². The third-order valence-electron chi connectivity index (χ3n) is 4.67. The van der Waals surface area contributed by atoms with Crippen molar-refractivity contribution in [2.75, 3.05) is 18.6 Å². The summed E-state index contributed by atoms with van der Waals surface area (Å²) in [5.41, 5.74) is 2.74. The molecule has 1 aromatic heterocycles. The summed E-state index contributed by atoms with van der Waals surface area (Å²) in [6.45, 7) is 2.26. The first-order chi connectivity index (χ1) is 13.0. The third kappa shape index (κ3) is 2.95. The van der Waals surface area contributed by atoms with Crippen LogP contribution < -0.4 is 9.64 Å². The molecule has 0 aliphatic carbocycles. The highest BCUT2D eigenvalue weighted by molar-refractivity contribution is 6.06. The van der Waals surface area contributed by atoms with E-state index in [9.17, 15) is 13.6 Å². The first kappa shape index (κ1) is 17.2. The fraction of sp³-hybridized carbons (Fsp3) is 0.200. The molecule has 2 aromatic carbocycles. The molecular formula is C20H17F2N3O2. The van der Waals surface area contributed by atoms with E-state index in [1.54, 1.807) is 25.0 Å². The number of ether oxygens (including phenoxy) is 1. The van der Waals surface area contributed by atoms with Crippen molar-refractivity contribution in [3.63, 3.8) is 0 Å². The molecule has 0 atom stereocenters. The number of halogens is 2. The lowest BCUT2D eigenvalue weighted by Gasteiger charge is -2.16. The van der Waals surface area contributed by atoms with Gasteiger partial charge in [-0.15, -0.1) is 0 Å². The molecule has 7 heteroatoms. The molecule has 0 N–H and O–H groups in total. The molecule has 1 amide bonds. The molecule has 5 nitrogen and oxygen atoms in total. The van der Waals surface area contributed by atoms with Crippen LogP contribution in [0.4, 0.5) is 14.5 Å². The summed E-state index contributed by atoms with van der Waals surface area (Å²) in [5, 5.41) is 4.26. The molecule has 27 heavy (non-hydrogen) atoms. The van der Waals surface area contributed by atoms with Crippen LogP contribution in [0.5, 0.6) is 5.75 Å². The van der Waals surface area contributed by atoms with Crippen LogP contribution in [-0.4, -0.2) is 29.3 Å². The number of fused-ring (bicyclic) bond motifs is 1. The lowest BCUT2D eigenvalue weighted by molar-refractivity contribution is 0.0984. The predicted octanol–water partition coefficient (Wildman–Crippen LogP) is 3.67. The monoisotopic (exact) mass is 369 g/mol. The van der Waals surface area contributed by atoms with Crippen molar-refractivity contribution in [1.82, 2.24) is 9.78 Å². The molecule has 0 saturated heterocycles. The van der Waals surface area contributed by atoms with Crippen molar-refractivity contribution in [2.24, 2.45) is 0 Å². The first-order valence-electron chi connectivity index (χ1n) is 8.49. The summed E-state index contributed by atoms with van der Waals surface area (Å²) in [5.74, 6) is -0.918. The predicted molar refractivity (Wildman–Crippen MR) is 96.6 cm³/mol. The van der Waals surface area contributed by atoms with Gasteiger partial charge in [-0.1, -0.05) is 0 Å². The van der Waals surface area contributed by atoms with Gasteiger partial charge in [-0.2, -0.15) is 5.10 Å². The van der Waals surface area contributed by atoms with Gasteiger partial charge in [-0.25, -0.2) is 13.5 Å². The lowest BCUT2D eigenvalue weighted by Crippen LogP contribution is -2.29. The molecule has 1 aliphatic rings. The second kappa shape index (κ2) is 6.50. The molecule has 4 rings (SSSR count). The van der Waals surface area contributed by atoms with E-state index in [0.29, 0.717) is 12.2 Å². The van der Waals surface area contributed by atoms with Gasteiger partial charge < -0.3 is 9.64 Å². The SMILES string of the molecule is COc1ccc2c(c1)CCN2C(=O)c1cc(C)n(-c2ccc(F)cc2F)n1. The Labute approximate surface area is 154 Å². The van der Waals surface area contributed by atoms with E-state index in [2.05, 4.69) is 5.10 Å². The van der Waals surface area contributed by atoms with Crippen molar-refractivity contribution in [1.29, 1.82) is 0 Å². The average Bonchev–Trinajstić information content (AvgIpc) is 3.24. The summed E-state index contributed by atoms with van der Waals surface area (Å²) in [6, 6.07) is 10.4. The zero-order chi connectivity index (χ0) is 19.1. The van der Waals surface area contributed by atoms with E-state index >= 15 is 0 Å². The molecule has 0 bridgehead atoms. The van der Waals surface area contributed by atoms with Gasteiger partial charge in [-0.3, -0.25) is 4.79 Å². The number of benzene rings is 2. The topological polar surface area (TPSA) is 47.4 Å². The number of aromatic nitrogens is 2. The van der Waals surface area contributed by atoms with Gasteiger partial charge >= 0.3 is 0 Å². The van der Waals surface area contributed by atoms with Crippen LogP contribution >= 0.6 is 0 Å². The highest BCUT2D eigenvalue weighted by Gasteiger charge is 2.28. The Morgan fingerprint density at radius 1 is 1.11 bits per heavy atom. The third-order valence-corrected chi connectivity index (χ3v) is 4.67. The van der Waals surface area contributed by atoms with Gasteiger partial charge in [0, 0.05) is 24.0 Å². The Kier molecular flexibility index (Phi) is 4.14. The standard InChI is InChI=1S/C20H17F2N3O2/c1-12-9-17(23-25(12)19-5-3-14(21)11-16(19)22)20(26)24-8-7-13-10-15(27-2)4-6-18(13)24/h3-6,9-11H,7-8H2,1-2H3. The smallest absolute Gasteiger partial charge is 0.278 e. The normalized spacial score (nSPS) is 13.0. The Balaban J connectivity index is 1.67. The van der Waals surface area contributed by atoms with Crippen LogP contribution in [0.2, 0.25) is 0 Å². The van der Waals surface area contributed by atoms with E-state index in [4.69, 9.17) is 4.74 Å². The lowest BCUT2D eigenvalue weighted by atomic mass is 10.1. The van der Waals surface area contributed by atoms with E-state index in [1.165, 1.54) is 10.7 Å². The molecule has 2 heterocycles. The number of hydrogen-bond acceptors (Lipinski definition) is 3. The Hall–Kier alpha value is -3.22. The number of carbonyl (C=O) groups excluding carboxylic acids is 1. The zero-order valence-electron chi connectivity index (χ0n) is 14.9. The van der Waals surface area contributed by atoms with Crippen LogP contribution in [0.1, 0.15) is 21.7 Å². The molecule has 0 saturated carbocycles. The highest BCUT2D eigenvalue weighted by atomic mass is 19.1. The summed E-state index contributed by atoms with van der Waals surface area (Å²) < 4.78 is 33.8. The molecule has 0 unspecified atom stereocenters. The number of rotatable bonds is 3. The number of amides is 1. The molecule has 3 aromatic rings. The Morgan fingerprint density at radius 3 is 2.63 bits per heavy atom. The van der Waals surface area contributed by atoms with Gasteiger partial charge in [-0.05, 0) is 55.3 Å². The van der Waals surface area contributed by atoms with Gasteiger partial charge in [0.15, 0.2) is 11.5 Å². The fourth-order valence-electron chi connectivity index (χ4n) is 3.33. The van der Waals surface area contributed by atoms with Gasteiger partial charge in [0.05, 0.1) is 7.11 Å². The molecule has 138 valence electrons. The van der Waals surface area contributed by atoms with Gasteiger partial charge in [0.2, 0.25) is 0 Å². The molecule has 0 spiro atoms. The van der Waals surface area contributed by atoms with Gasteiger partial charge in [0.25, 0.3) is 5.91 Å². The van der Waals surface area contributed by atoms with E-state index < -0.39 is 11.6 Å². The second-order valence-electron chi connectivity index (χ2n) is 6.38. The maximum Gasteiger partial charge on any atom is 0.278 e. The maximum atomic E-state index is 14.1. The van der Waals surface area contributed by atoms with Gasteiger partial charge in [0.1, 0.15) is 17.3 Å². The van der Waals surface area contributed by atoms with E-state index in [0.717, 1.165) is 35.6 Å². The molecular weight excluding hydrogens is 352 g/mol. The number of methoxy groups -OCH3 is 1. The van der Waals surface area contributed by atoms with Crippen molar-refractivity contribution in [3.05, 3.63) is 71.1 Å². The minimum absolute atomic E-state index is 0.0968. The number of carbonyl (C=O) groups is 1. The Bertz CT molecular complexity index is 1050. The van der Waals surface area contributed by atoms with Crippen molar-refractivity contribution >= 4 is 11.6 Å². The molecule has 1 aliphatic heterocycles. The average molecular weight is 369 g/mol. The van der Waals surface area contributed by atoms with Crippen LogP contribution in [0.15, 0.2) is 42.5 Å². The minimum atomic E-state index is -0.737. The van der Waals surface area contributed by atoms with Crippen LogP contribution in [-0.2, 0) is 6.42 Å². The van der Waals surface area contributed by atoms with E-state index in [-0.39, 0.29) is 17.3 Å². The van der Waals surface area contributed by atoms with Crippen molar-refractivity contribution in [3.8, 4) is 11.4 Å². The van der Waals surface area contributed by atoms with Crippen LogP contribution in [0, 0.1) is 18.6 Å². The van der Waals surface area contributed by atoms with Crippen molar-refractivity contribution < 1.29 is 18.3 Å². The van der Waals surface area contributed by atoms with Crippen LogP contribution in [0.25, 0.3) is 5.69 Å². The summed E-state index contributed by atoms with van der Waals surface area (Å²) in [6.07, 6.45) is 0.727. The number of aryl methyl sites for hydroxylation is 1. The Morgan fingerprint density at radius 2 is 1.89 bits per heavy atom. The first-order valence-corrected chi connectivity index (χ1v) is 8.49. The largest absolute Gasteiger partial charge is 0.497 e. The fourth-order valence-corrected chi connectivity index (χ4v) is 3.33. The number of hydrogen-bond donors (Lipinski definition) is 0. The highest BCUT2D eigenvalue weighted by Crippen LogP contribution is 2.32. The van der Waals surface area contributed by atoms with Crippen LogP contribution in [0.3, 0.4) is 0 Å². The second-order valence-corrected chi connectivity index (χ2v) is 6.38. The number of anilines is 1. The summed E-state index contributed by atoms with van der Waals surface area (Å²) in [4.78, 5) is 14.6. The maximum absolute atomic E-state index is 14.1. The number of nitrogens with zero attached hydrogens (tertiary/aromatic N) is 3. The summed E-state index contributed by atoms with van der Waals surface area (Å²) in [7, 11) is 1.60. The van der Waals surface area contributed by atoms with Crippen molar-refractivity contribution in [2.45, 2.75) is 13.3 Å². The molecule has 0 radical (unpaired) electrons. The summed E-state index contributed by atoms with van der Waals surface area (Å²) >= 11 is 0. The minimum Gasteiger partial charge on any atom is -0.497 e. The molecule has 0 fully saturated rings. The zero-order valence-corrected chi connectivity index (χ0v) is 14.9. The quantitative estimate of drug-likeness (QED) is 0.708.